The van der Waals surface area contributed by atoms with Gasteiger partial charge in [0.1, 0.15) is 0 Å². The van der Waals surface area contributed by atoms with Gasteiger partial charge in [-0.1, -0.05) is 39.0 Å². The first kappa shape index (κ1) is 26.3. The Morgan fingerprint density at radius 2 is 1.23 bits per heavy atom. The summed E-state index contributed by atoms with van der Waals surface area (Å²) in [7, 11) is 0. The zero-order valence-electron chi connectivity index (χ0n) is 17.8. The van der Waals surface area contributed by atoms with Crippen molar-refractivity contribution in [2.75, 3.05) is 0 Å². The van der Waals surface area contributed by atoms with E-state index in [1.807, 2.05) is 6.92 Å². The molecule has 1 saturated heterocycles. The number of hydrogen-bond acceptors (Lipinski definition) is 9. The molecule has 1 aliphatic rings. The van der Waals surface area contributed by atoms with Gasteiger partial charge in [0.05, 0.1) is 0 Å². The van der Waals surface area contributed by atoms with Crippen LogP contribution in [-0.4, -0.2) is 77.5 Å². The van der Waals surface area contributed by atoms with E-state index in [1.165, 1.54) is 0 Å². The number of unbranched alkanes of at least 4 members (excludes halogenated alkanes) is 5. The van der Waals surface area contributed by atoms with E-state index < -0.39 is 58.4 Å². The SMILES string of the molecule is CCCCCCCC[C@@]1(O)O[C@H](C(=O)O)[C@](O)(C(C)=O)[C@@](O)(C(C)=O)[C@]1(O)C(C)=O. The van der Waals surface area contributed by atoms with Gasteiger partial charge in [0.2, 0.25) is 17.0 Å². The van der Waals surface area contributed by atoms with E-state index in [0.29, 0.717) is 20.3 Å². The number of carbonyl (C=O) groups excluding carboxylic acids is 3. The van der Waals surface area contributed by atoms with Crippen LogP contribution in [0.3, 0.4) is 0 Å². The van der Waals surface area contributed by atoms with E-state index in [2.05, 4.69) is 0 Å². The van der Waals surface area contributed by atoms with Gasteiger partial charge < -0.3 is 30.3 Å². The Kier molecular flexibility index (Phi) is 8.06. The number of ether oxygens (including phenoxy) is 1. The molecule has 0 aromatic carbocycles. The molecule has 172 valence electrons. The number of Topliss-reactive ketones (excluding diaryl/α,β-unsaturated/α-hetero) is 3. The summed E-state index contributed by atoms with van der Waals surface area (Å²) in [6.07, 6.45) is 1.14. The van der Waals surface area contributed by atoms with Crippen molar-refractivity contribution in [1.29, 1.82) is 0 Å². The summed E-state index contributed by atoms with van der Waals surface area (Å²) in [5, 5.41) is 53.8. The predicted octanol–water partition coefficient (Wildman–Crippen LogP) is -0.131. The van der Waals surface area contributed by atoms with Gasteiger partial charge in [0.25, 0.3) is 0 Å². The molecule has 1 fully saturated rings. The molecule has 0 saturated carbocycles. The molecule has 1 aliphatic heterocycles. The van der Waals surface area contributed by atoms with Crippen LogP contribution in [0.15, 0.2) is 0 Å². The minimum absolute atomic E-state index is 0.147. The highest BCUT2D eigenvalue weighted by Gasteiger charge is 2.83. The number of carboxylic acids is 1. The smallest absolute Gasteiger partial charge is 0.336 e. The van der Waals surface area contributed by atoms with Crippen LogP contribution in [0.5, 0.6) is 0 Å². The Hall–Kier alpha value is -1.72. The van der Waals surface area contributed by atoms with E-state index in [0.717, 1.165) is 32.6 Å². The number of aliphatic carboxylic acids is 1. The molecule has 10 nitrogen and oxygen atoms in total. The fourth-order valence-electron chi connectivity index (χ4n) is 4.22. The molecule has 0 aromatic heterocycles. The van der Waals surface area contributed by atoms with Crippen molar-refractivity contribution in [3.05, 3.63) is 0 Å². The second-order valence-electron chi connectivity index (χ2n) is 7.99. The van der Waals surface area contributed by atoms with Crippen LogP contribution in [0.1, 0.15) is 72.6 Å². The van der Waals surface area contributed by atoms with Crippen molar-refractivity contribution >= 4 is 23.3 Å². The highest BCUT2D eigenvalue weighted by Crippen LogP contribution is 2.51. The van der Waals surface area contributed by atoms with Crippen molar-refractivity contribution in [3.63, 3.8) is 0 Å². The van der Waals surface area contributed by atoms with E-state index in [9.17, 15) is 44.7 Å². The molecule has 10 heteroatoms. The molecule has 1 rings (SSSR count). The summed E-state index contributed by atoms with van der Waals surface area (Å²) in [5.74, 6) is -9.31. The van der Waals surface area contributed by atoms with Crippen LogP contribution >= 0.6 is 0 Å². The van der Waals surface area contributed by atoms with E-state index in [1.54, 1.807) is 0 Å². The molecular weight excluding hydrogens is 400 g/mol. The molecule has 1 heterocycles. The van der Waals surface area contributed by atoms with Crippen molar-refractivity contribution in [3.8, 4) is 0 Å². The minimum Gasteiger partial charge on any atom is -0.479 e. The Bertz CT molecular complexity index is 706. The molecule has 0 aliphatic carbocycles. The maximum atomic E-state index is 12.4. The Morgan fingerprint density at radius 3 is 1.63 bits per heavy atom. The largest absolute Gasteiger partial charge is 0.479 e. The lowest BCUT2D eigenvalue weighted by molar-refractivity contribution is -0.401. The van der Waals surface area contributed by atoms with Gasteiger partial charge in [-0.3, -0.25) is 14.4 Å². The number of ketones is 3. The van der Waals surface area contributed by atoms with Crippen LogP contribution in [0.2, 0.25) is 0 Å². The first-order valence-corrected chi connectivity index (χ1v) is 10.0. The van der Waals surface area contributed by atoms with Gasteiger partial charge in [-0.25, -0.2) is 4.79 Å². The maximum absolute atomic E-state index is 12.4. The number of rotatable bonds is 11. The summed E-state index contributed by atoms with van der Waals surface area (Å²) in [6, 6.07) is 0. The fourth-order valence-corrected chi connectivity index (χ4v) is 4.22. The average molecular weight is 432 g/mol. The number of hydrogen-bond donors (Lipinski definition) is 5. The summed E-state index contributed by atoms with van der Waals surface area (Å²) < 4.78 is 5.06. The minimum atomic E-state index is -3.67. The monoisotopic (exact) mass is 432 g/mol. The molecule has 0 radical (unpaired) electrons. The average Bonchev–Trinajstić information content (AvgIpc) is 2.65. The summed E-state index contributed by atoms with van der Waals surface area (Å²) in [5.41, 5.74) is -10.7. The van der Waals surface area contributed by atoms with Crippen LogP contribution in [-0.2, 0) is 23.9 Å². The highest BCUT2D eigenvalue weighted by atomic mass is 16.7. The number of carbonyl (C=O) groups is 4. The lowest BCUT2D eigenvalue weighted by Gasteiger charge is -2.60. The second-order valence-corrected chi connectivity index (χ2v) is 7.99. The molecule has 30 heavy (non-hydrogen) atoms. The van der Waals surface area contributed by atoms with Gasteiger partial charge in [0, 0.05) is 6.42 Å². The van der Waals surface area contributed by atoms with Gasteiger partial charge in [-0.15, -0.1) is 0 Å². The Balaban J connectivity index is 3.57. The van der Waals surface area contributed by atoms with Crippen molar-refractivity contribution in [1.82, 2.24) is 0 Å². The first-order chi connectivity index (χ1) is 13.7. The third kappa shape index (κ3) is 3.71. The zero-order valence-corrected chi connectivity index (χ0v) is 17.8. The van der Waals surface area contributed by atoms with Crippen molar-refractivity contribution < 1.29 is 49.4 Å². The summed E-state index contributed by atoms with van der Waals surface area (Å²) in [4.78, 5) is 48.9. The van der Waals surface area contributed by atoms with Crippen LogP contribution in [0.4, 0.5) is 0 Å². The summed E-state index contributed by atoms with van der Waals surface area (Å²) >= 11 is 0. The standard InChI is InChI=1S/C20H32O10/c1-5-6-7-8-9-10-11-17(26)19(28,13(3)22)20(29,14(4)23)18(27,12(2)21)15(30-17)16(24)25/h15,26-29H,5-11H2,1-4H3,(H,24,25)/t15-,17-,18-,19+,20+/m1/s1. The molecule has 0 amide bonds. The Morgan fingerprint density at radius 1 is 0.767 bits per heavy atom. The Labute approximate surface area is 174 Å². The van der Waals surface area contributed by atoms with Crippen molar-refractivity contribution in [2.24, 2.45) is 0 Å². The van der Waals surface area contributed by atoms with Crippen LogP contribution in [0, 0.1) is 0 Å². The molecule has 0 bridgehead atoms. The first-order valence-electron chi connectivity index (χ1n) is 10.0. The molecule has 0 spiro atoms. The lowest BCUT2D eigenvalue weighted by atomic mass is 9.57. The van der Waals surface area contributed by atoms with Gasteiger partial charge >= 0.3 is 5.97 Å². The van der Waals surface area contributed by atoms with E-state index in [-0.39, 0.29) is 6.42 Å². The predicted molar refractivity (Wildman–Crippen MR) is 102 cm³/mol. The molecular formula is C20H32O10. The molecule has 5 N–H and O–H groups in total. The molecule has 0 unspecified atom stereocenters. The fraction of sp³-hybridized carbons (Fsp3) is 0.800. The number of carboxylic acid groups (broad SMARTS) is 1. The topological polar surface area (TPSA) is 179 Å². The third-order valence-electron chi connectivity index (χ3n) is 5.98. The van der Waals surface area contributed by atoms with Gasteiger partial charge in [-0.2, -0.15) is 0 Å². The highest BCUT2D eigenvalue weighted by molar-refractivity contribution is 6.07. The van der Waals surface area contributed by atoms with Gasteiger partial charge in [-0.05, 0) is 27.2 Å². The van der Waals surface area contributed by atoms with Crippen LogP contribution < -0.4 is 0 Å². The molecule has 0 aromatic rings. The van der Waals surface area contributed by atoms with Crippen LogP contribution in [0.25, 0.3) is 0 Å². The third-order valence-corrected chi connectivity index (χ3v) is 5.98. The second kappa shape index (κ2) is 9.19. The summed E-state index contributed by atoms with van der Waals surface area (Å²) in [6.45, 7) is 4.09. The van der Waals surface area contributed by atoms with E-state index in [4.69, 9.17) is 4.74 Å². The van der Waals surface area contributed by atoms with E-state index >= 15 is 0 Å². The lowest BCUT2D eigenvalue weighted by Crippen LogP contribution is -2.89. The number of aliphatic hydroxyl groups is 4. The normalized spacial score (nSPS) is 36.3. The van der Waals surface area contributed by atoms with Gasteiger partial charge in [0.15, 0.2) is 29.1 Å². The maximum Gasteiger partial charge on any atom is 0.336 e. The quantitative estimate of drug-likeness (QED) is 0.276. The van der Waals surface area contributed by atoms with Crippen molar-refractivity contribution in [2.45, 2.75) is 101 Å². The molecule has 5 atom stereocenters. The zero-order chi connectivity index (χ0) is 23.5.